The zero-order valence-corrected chi connectivity index (χ0v) is 11.0. The number of rotatable bonds is 3. The van der Waals surface area contributed by atoms with Crippen LogP contribution in [0, 0.1) is 22.7 Å². The zero-order chi connectivity index (χ0) is 14.5. The predicted octanol–water partition coefficient (Wildman–Crippen LogP) is 2.05. The molecule has 0 fully saturated rings. The van der Waals surface area contributed by atoms with Crippen molar-refractivity contribution < 1.29 is 9.47 Å². The summed E-state index contributed by atoms with van der Waals surface area (Å²) in [6.45, 7) is 2.12. The van der Waals surface area contributed by atoms with Crippen LogP contribution in [-0.4, -0.2) is 12.8 Å². The second kappa shape index (κ2) is 5.92. The quantitative estimate of drug-likeness (QED) is 0.904. The molecule has 0 saturated carbocycles. The molecule has 0 saturated heterocycles. The van der Waals surface area contributed by atoms with E-state index in [9.17, 15) is 10.5 Å². The van der Waals surface area contributed by atoms with Crippen LogP contribution in [0.25, 0.3) is 5.57 Å². The number of hydrogen-bond acceptors (Lipinski definition) is 5. The summed E-state index contributed by atoms with van der Waals surface area (Å²) in [5.74, 6) is 0.0698. The first-order valence-corrected chi connectivity index (χ1v) is 6.12. The van der Waals surface area contributed by atoms with E-state index in [0.717, 1.165) is 5.56 Å². The SMILES string of the molecule is CCOC1=C(C#N)C(c2ccccc2)=C(C#N)C(N)O1. The summed E-state index contributed by atoms with van der Waals surface area (Å²) in [5, 5.41) is 18.6. The van der Waals surface area contributed by atoms with Crippen LogP contribution >= 0.6 is 0 Å². The van der Waals surface area contributed by atoms with Gasteiger partial charge >= 0.3 is 0 Å². The van der Waals surface area contributed by atoms with Crippen LogP contribution in [0.1, 0.15) is 12.5 Å². The predicted molar refractivity (Wildman–Crippen MR) is 72.3 cm³/mol. The van der Waals surface area contributed by atoms with Gasteiger partial charge in [0.1, 0.15) is 17.7 Å². The molecule has 2 rings (SSSR count). The number of hydrogen-bond donors (Lipinski definition) is 1. The van der Waals surface area contributed by atoms with Crippen LogP contribution in [0.5, 0.6) is 0 Å². The van der Waals surface area contributed by atoms with Crippen molar-refractivity contribution in [2.24, 2.45) is 5.73 Å². The average Bonchev–Trinajstić information content (AvgIpc) is 2.48. The van der Waals surface area contributed by atoms with E-state index in [1.807, 2.05) is 42.5 Å². The molecule has 0 aromatic heterocycles. The number of allylic oxidation sites excluding steroid dienone is 2. The molecule has 1 unspecified atom stereocenters. The zero-order valence-electron chi connectivity index (χ0n) is 11.0. The first-order valence-electron chi connectivity index (χ1n) is 6.12. The fourth-order valence-electron chi connectivity index (χ4n) is 1.98. The summed E-state index contributed by atoms with van der Waals surface area (Å²) in [6.07, 6.45) is -0.936. The molecular weight excluding hydrogens is 254 g/mol. The topological polar surface area (TPSA) is 92.1 Å². The number of nitrogens with zero attached hydrogens (tertiary/aromatic N) is 2. The van der Waals surface area contributed by atoms with Crippen LogP contribution in [0.3, 0.4) is 0 Å². The third kappa shape index (κ3) is 2.35. The van der Waals surface area contributed by atoms with Gasteiger partial charge in [-0.3, -0.25) is 5.73 Å². The Balaban J connectivity index is 2.68. The van der Waals surface area contributed by atoms with E-state index in [1.54, 1.807) is 6.92 Å². The van der Waals surface area contributed by atoms with Gasteiger partial charge in [0, 0.05) is 5.57 Å². The molecule has 100 valence electrons. The first-order chi connectivity index (χ1) is 9.72. The van der Waals surface area contributed by atoms with E-state index < -0.39 is 6.23 Å². The number of ether oxygens (including phenoxy) is 2. The normalized spacial score (nSPS) is 18.1. The van der Waals surface area contributed by atoms with Gasteiger partial charge in [-0.05, 0) is 12.5 Å². The molecule has 0 aliphatic carbocycles. The van der Waals surface area contributed by atoms with Crippen molar-refractivity contribution >= 4 is 5.57 Å². The Bertz CT molecular complexity index is 648. The van der Waals surface area contributed by atoms with Crippen LogP contribution in [0.4, 0.5) is 0 Å². The van der Waals surface area contributed by atoms with Gasteiger partial charge in [-0.25, -0.2) is 0 Å². The maximum Gasteiger partial charge on any atom is 0.300 e. The van der Waals surface area contributed by atoms with Crippen molar-refractivity contribution in [2.75, 3.05) is 6.61 Å². The van der Waals surface area contributed by atoms with Crippen molar-refractivity contribution in [1.29, 1.82) is 10.5 Å². The molecular formula is C15H13N3O2. The fraction of sp³-hybridized carbons (Fsp3) is 0.200. The molecule has 0 bridgehead atoms. The van der Waals surface area contributed by atoms with E-state index >= 15 is 0 Å². The lowest BCUT2D eigenvalue weighted by atomic mass is 9.92. The van der Waals surface area contributed by atoms with Gasteiger partial charge in [-0.1, -0.05) is 30.3 Å². The maximum atomic E-state index is 9.37. The highest BCUT2D eigenvalue weighted by molar-refractivity contribution is 5.88. The summed E-state index contributed by atoms with van der Waals surface area (Å²) < 4.78 is 10.6. The van der Waals surface area contributed by atoms with E-state index in [0.29, 0.717) is 12.2 Å². The van der Waals surface area contributed by atoms with Crippen LogP contribution in [0.2, 0.25) is 0 Å². The lowest BCUT2D eigenvalue weighted by Crippen LogP contribution is -2.31. The number of nitrogens with two attached hydrogens (primary N) is 1. The molecule has 1 heterocycles. The largest absolute Gasteiger partial charge is 0.465 e. The van der Waals surface area contributed by atoms with Gasteiger partial charge in [0.05, 0.1) is 12.2 Å². The minimum atomic E-state index is -0.936. The van der Waals surface area contributed by atoms with Crippen LogP contribution in [0.15, 0.2) is 47.4 Å². The maximum absolute atomic E-state index is 9.37. The number of nitriles is 2. The van der Waals surface area contributed by atoms with E-state index in [4.69, 9.17) is 15.2 Å². The minimum Gasteiger partial charge on any atom is -0.465 e. The molecule has 1 aromatic rings. The third-order valence-electron chi connectivity index (χ3n) is 2.81. The average molecular weight is 267 g/mol. The highest BCUT2D eigenvalue weighted by Crippen LogP contribution is 2.34. The van der Waals surface area contributed by atoms with Gasteiger partial charge in [-0.2, -0.15) is 10.5 Å². The summed E-state index contributed by atoms with van der Waals surface area (Å²) in [6, 6.07) is 13.2. The standard InChI is InChI=1S/C15H13N3O2/c1-2-19-15-12(9-17)13(10-6-4-3-5-7-10)11(8-16)14(18)20-15/h3-7,14H,2,18H2,1H3. The van der Waals surface area contributed by atoms with Crippen molar-refractivity contribution in [3.8, 4) is 12.1 Å². The second-order valence-electron chi connectivity index (χ2n) is 4.01. The van der Waals surface area contributed by atoms with Crippen molar-refractivity contribution in [3.63, 3.8) is 0 Å². The molecule has 1 atom stereocenters. The van der Waals surface area contributed by atoms with Crippen molar-refractivity contribution in [1.82, 2.24) is 0 Å². The van der Waals surface area contributed by atoms with Gasteiger partial charge in [0.2, 0.25) is 0 Å². The first kappa shape index (κ1) is 13.7. The lowest BCUT2D eigenvalue weighted by Gasteiger charge is -2.25. The molecule has 1 aliphatic heterocycles. The van der Waals surface area contributed by atoms with Gasteiger partial charge in [0.25, 0.3) is 5.95 Å². The molecule has 2 N–H and O–H groups in total. The Labute approximate surface area is 117 Å². The molecule has 0 amide bonds. The smallest absolute Gasteiger partial charge is 0.300 e. The van der Waals surface area contributed by atoms with E-state index in [2.05, 4.69) is 0 Å². The number of benzene rings is 1. The molecule has 1 aromatic carbocycles. The lowest BCUT2D eigenvalue weighted by molar-refractivity contribution is 0.0100. The molecule has 20 heavy (non-hydrogen) atoms. The Morgan fingerprint density at radius 3 is 2.50 bits per heavy atom. The molecule has 1 aliphatic rings. The second-order valence-corrected chi connectivity index (χ2v) is 4.01. The van der Waals surface area contributed by atoms with Gasteiger partial charge in [0.15, 0.2) is 6.23 Å². The highest BCUT2D eigenvalue weighted by Gasteiger charge is 2.30. The van der Waals surface area contributed by atoms with Crippen molar-refractivity contribution in [2.45, 2.75) is 13.2 Å². The Morgan fingerprint density at radius 2 is 1.95 bits per heavy atom. The Morgan fingerprint density at radius 1 is 1.25 bits per heavy atom. The minimum absolute atomic E-state index is 0.0698. The Hall–Kier alpha value is -2.76. The van der Waals surface area contributed by atoms with Crippen LogP contribution < -0.4 is 5.73 Å². The summed E-state index contributed by atoms with van der Waals surface area (Å²) in [4.78, 5) is 0. The summed E-state index contributed by atoms with van der Waals surface area (Å²) in [7, 11) is 0. The molecule has 5 nitrogen and oxygen atoms in total. The molecule has 0 radical (unpaired) electrons. The fourth-order valence-corrected chi connectivity index (χ4v) is 1.98. The van der Waals surface area contributed by atoms with Gasteiger partial charge in [-0.15, -0.1) is 0 Å². The molecule has 5 heteroatoms. The third-order valence-corrected chi connectivity index (χ3v) is 2.81. The van der Waals surface area contributed by atoms with Crippen molar-refractivity contribution in [3.05, 3.63) is 53.0 Å². The summed E-state index contributed by atoms with van der Waals surface area (Å²) >= 11 is 0. The molecule has 0 spiro atoms. The van der Waals surface area contributed by atoms with Crippen LogP contribution in [-0.2, 0) is 9.47 Å². The Kier molecular flexibility index (Phi) is 4.05. The van der Waals surface area contributed by atoms with E-state index in [1.165, 1.54) is 0 Å². The van der Waals surface area contributed by atoms with E-state index in [-0.39, 0.29) is 17.1 Å². The monoisotopic (exact) mass is 267 g/mol. The summed E-state index contributed by atoms with van der Waals surface area (Å²) in [5.41, 5.74) is 7.44. The van der Waals surface area contributed by atoms with Gasteiger partial charge < -0.3 is 9.47 Å². The highest BCUT2D eigenvalue weighted by atomic mass is 16.7.